The average molecular weight is 416 g/mol. The summed E-state index contributed by atoms with van der Waals surface area (Å²) >= 11 is 6.80. The summed E-state index contributed by atoms with van der Waals surface area (Å²) in [6.45, 7) is 1.44. The number of anilines is 1. The maximum absolute atomic E-state index is 12.8. The van der Waals surface area contributed by atoms with E-state index in [0.717, 1.165) is 6.54 Å². The van der Waals surface area contributed by atoms with Gasteiger partial charge in [-0.3, -0.25) is 9.48 Å². The maximum Gasteiger partial charge on any atom is 0.213 e. The lowest BCUT2D eigenvalue weighted by atomic mass is 10.1. The van der Waals surface area contributed by atoms with Gasteiger partial charge in [0.05, 0.1) is 17.2 Å². The molecule has 0 fully saturated rings. The molecule has 2 aromatic rings. The molecule has 0 aliphatic carbocycles. The molecule has 0 saturated carbocycles. The Morgan fingerprint density at radius 2 is 2.05 bits per heavy atom. The van der Waals surface area contributed by atoms with Gasteiger partial charge in [-0.15, -0.1) is 0 Å². The molecule has 0 aliphatic heterocycles. The summed E-state index contributed by atoms with van der Waals surface area (Å²) in [5, 5.41) is 4.26. The van der Waals surface area contributed by atoms with Crippen molar-refractivity contribution in [2.45, 2.75) is 6.54 Å². The van der Waals surface area contributed by atoms with E-state index in [4.69, 9.17) is 5.73 Å². The van der Waals surface area contributed by atoms with E-state index in [9.17, 15) is 4.79 Å². The fourth-order valence-corrected chi connectivity index (χ4v) is 2.80. The number of ketones is 1. The lowest BCUT2D eigenvalue weighted by Crippen LogP contribution is -2.22. The second-order valence-electron chi connectivity index (χ2n) is 4.94. The quantitative estimate of drug-likeness (QED) is 0.602. The first-order chi connectivity index (χ1) is 9.90. The third-order valence-corrected chi connectivity index (χ3v) is 4.28. The third-order valence-electron chi connectivity index (χ3n) is 3.00. The predicted molar refractivity (Wildman–Crippen MR) is 90.5 cm³/mol. The number of nitrogen functional groups attached to an aromatic ring is 1. The normalized spacial score (nSPS) is 11.1. The van der Waals surface area contributed by atoms with E-state index in [-0.39, 0.29) is 5.78 Å². The lowest BCUT2D eigenvalue weighted by molar-refractivity contribution is 0.102. The van der Waals surface area contributed by atoms with E-state index in [1.165, 1.54) is 0 Å². The fraction of sp³-hybridized carbons (Fsp3) is 0.286. The standard InChI is InChI=1S/C14H16Br2N4O/c1-19(2)5-6-20-13(12(16)8-18-20)14(21)10-7-9(17)3-4-11(10)15/h3-4,7-8H,5-6,17H2,1-2H3. The summed E-state index contributed by atoms with van der Waals surface area (Å²) in [6, 6.07) is 5.19. The van der Waals surface area contributed by atoms with Crippen molar-refractivity contribution in [3.63, 3.8) is 0 Å². The number of halogens is 2. The molecular weight excluding hydrogens is 400 g/mol. The first-order valence-electron chi connectivity index (χ1n) is 6.36. The Bertz CT molecular complexity index is 667. The van der Waals surface area contributed by atoms with Crippen LogP contribution in [-0.2, 0) is 6.54 Å². The smallest absolute Gasteiger partial charge is 0.213 e. The zero-order valence-electron chi connectivity index (χ0n) is 11.8. The summed E-state index contributed by atoms with van der Waals surface area (Å²) < 4.78 is 3.11. The average Bonchev–Trinajstić information content (AvgIpc) is 2.79. The number of carbonyl (C=O) groups excluding carboxylic acids is 1. The Morgan fingerprint density at radius 3 is 2.71 bits per heavy atom. The Kier molecular flexibility index (Phi) is 5.18. The summed E-state index contributed by atoms with van der Waals surface area (Å²) in [4.78, 5) is 14.8. The highest BCUT2D eigenvalue weighted by Gasteiger charge is 2.21. The van der Waals surface area contributed by atoms with Crippen LogP contribution in [0.5, 0.6) is 0 Å². The zero-order chi connectivity index (χ0) is 15.6. The molecule has 0 spiro atoms. The minimum Gasteiger partial charge on any atom is -0.399 e. The molecule has 0 saturated heterocycles. The van der Waals surface area contributed by atoms with Crippen molar-refractivity contribution in [2.24, 2.45) is 0 Å². The molecular formula is C14H16Br2N4O. The molecule has 0 aliphatic rings. The van der Waals surface area contributed by atoms with E-state index in [1.54, 1.807) is 29.1 Å². The topological polar surface area (TPSA) is 64.2 Å². The van der Waals surface area contributed by atoms with Gasteiger partial charge in [-0.1, -0.05) is 15.9 Å². The highest BCUT2D eigenvalue weighted by Crippen LogP contribution is 2.26. The van der Waals surface area contributed by atoms with Gasteiger partial charge in [-0.05, 0) is 48.2 Å². The Labute approximate surface area is 140 Å². The van der Waals surface area contributed by atoms with Crippen LogP contribution in [-0.4, -0.2) is 41.1 Å². The van der Waals surface area contributed by atoms with Gasteiger partial charge in [0.25, 0.3) is 0 Å². The zero-order valence-corrected chi connectivity index (χ0v) is 15.0. The molecule has 0 radical (unpaired) electrons. The van der Waals surface area contributed by atoms with Crippen LogP contribution >= 0.6 is 31.9 Å². The first-order valence-corrected chi connectivity index (χ1v) is 7.94. The molecule has 0 unspecified atom stereocenters. The summed E-state index contributed by atoms with van der Waals surface area (Å²) in [6.07, 6.45) is 1.64. The Morgan fingerprint density at radius 1 is 1.33 bits per heavy atom. The monoisotopic (exact) mass is 414 g/mol. The van der Waals surface area contributed by atoms with Crippen molar-refractivity contribution < 1.29 is 4.79 Å². The first kappa shape index (κ1) is 16.2. The van der Waals surface area contributed by atoms with Crippen LogP contribution in [0.1, 0.15) is 16.1 Å². The Balaban J connectivity index is 2.39. The highest BCUT2D eigenvalue weighted by molar-refractivity contribution is 9.10. The minimum atomic E-state index is -0.114. The summed E-state index contributed by atoms with van der Waals surface area (Å²) in [5.41, 5.74) is 7.39. The van der Waals surface area contributed by atoms with Crippen LogP contribution < -0.4 is 5.73 Å². The van der Waals surface area contributed by atoms with Crippen LogP contribution in [0.3, 0.4) is 0 Å². The van der Waals surface area contributed by atoms with Crippen molar-refractivity contribution in [3.8, 4) is 0 Å². The van der Waals surface area contributed by atoms with Crippen LogP contribution in [0.25, 0.3) is 0 Å². The van der Waals surface area contributed by atoms with Gasteiger partial charge in [-0.25, -0.2) is 0 Å². The van der Waals surface area contributed by atoms with Crippen LogP contribution in [0, 0.1) is 0 Å². The molecule has 0 atom stereocenters. The number of hydrogen-bond donors (Lipinski definition) is 1. The van der Waals surface area contributed by atoms with Gasteiger partial charge in [0.15, 0.2) is 0 Å². The van der Waals surface area contributed by atoms with Gasteiger partial charge in [0, 0.05) is 22.3 Å². The number of benzene rings is 1. The summed E-state index contributed by atoms with van der Waals surface area (Å²) in [5.74, 6) is -0.114. The van der Waals surface area contributed by atoms with E-state index in [0.29, 0.717) is 32.4 Å². The second-order valence-corrected chi connectivity index (χ2v) is 6.64. The molecule has 2 N–H and O–H groups in total. The molecule has 112 valence electrons. The molecule has 7 heteroatoms. The van der Waals surface area contributed by atoms with Crippen molar-refractivity contribution in [1.29, 1.82) is 0 Å². The number of nitrogens with zero attached hydrogens (tertiary/aromatic N) is 3. The van der Waals surface area contributed by atoms with Gasteiger partial charge in [0.2, 0.25) is 5.78 Å². The van der Waals surface area contributed by atoms with Crippen molar-refractivity contribution in [1.82, 2.24) is 14.7 Å². The number of rotatable bonds is 5. The van der Waals surface area contributed by atoms with E-state index < -0.39 is 0 Å². The number of hydrogen-bond acceptors (Lipinski definition) is 4. The number of aromatic nitrogens is 2. The van der Waals surface area contributed by atoms with Gasteiger partial charge < -0.3 is 10.6 Å². The number of carbonyl (C=O) groups is 1. The van der Waals surface area contributed by atoms with E-state index >= 15 is 0 Å². The summed E-state index contributed by atoms with van der Waals surface area (Å²) in [7, 11) is 3.96. The van der Waals surface area contributed by atoms with Gasteiger partial charge in [-0.2, -0.15) is 5.10 Å². The molecule has 0 bridgehead atoms. The van der Waals surface area contributed by atoms with Crippen molar-refractivity contribution in [2.75, 3.05) is 26.4 Å². The van der Waals surface area contributed by atoms with Crippen LogP contribution in [0.4, 0.5) is 5.69 Å². The highest BCUT2D eigenvalue weighted by atomic mass is 79.9. The van der Waals surface area contributed by atoms with Gasteiger partial charge in [0.1, 0.15) is 5.69 Å². The van der Waals surface area contributed by atoms with E-state index in [1.807, 2.05) is 19.0 Å². The molecule has 1 heterocycles. The van der Waals surface area contributed by atoms with Crippen molar-refractivity contribution >= 4 is 43.3 Å². The number of nitrogens with two attached hydrogens (primary N) is 1. The molecule has 21 heavy (non-hydrogen) atoms. The molecule has 1 aromatic carbocycles. The number of likely N-dealkylation sites (N-methyl/N-ethyl adjacent to an activating group) is 1. The predicted octanol–water partition coefficient (Wildman–Crippen LogP) is 2.78. The van der Waals surface area contributed by atoms with Crippen LogP contribution in [0.2, 0.25) is 0 Å². The molecule has 1 aromatic heterocycles. The van der Waals surface area contributed by atoms with E-state index in [2.05, 4.69) is 37.0 Å². The molecule has 0 amide bonds. The second kappa shape index (κ2) is 6.72. The van der Waals surface area contributed by atoms with Gasteiger partial charge >= 0.3 is 0 Å². The lowest BCUT2D eigenvalue weighted by Gasteiger charge is -2.12. The Hall–Kier alpha value is -1.18. The fourth-order valence-electron chi connectivity index (χ4n) is 1.90. The molecule has 5 nitrogen and oxygen atoms in total. The maximum atomic E-state index is 12.8. The SMILES string of the molecule is CN(C)CCn1ncc(Br)c1C(=O)c1cc(N)ccc1Br. The van der Waals surface area contributed by atoms with Crippen LogP contribution in [0.15, 0.2) is 33.3 Å². The molecule has 2 rings (SSSR count). The third kappa shape index (κ3) is 3.72. The largest absolute Gasteiger partial charge is 0.399 e. The minimum absolute atomic E-state index is 0.114. The van der Waals surface area contributed by atoms with Crippen molar-refractivity contribution in [3.05, 3.63) is 44.6 Å².